The maximum atomic E-state index is 13.8. The summed E-state index contributed by atoms with van der Waals surface area (Å²) in [6.45, 7) is 12.0. The van der Waals surface area contributed by atoms with Crippen LogP contribution in [-0.2, 0) is 19.7 Å². The van der Waals surface area contributed by atoms with Crippen molar-refractivity contribution < 1.29 is 18.5 Å². The number of urea groups is 1. The lowest BCUT2D eigenvalue weighted by atomic mass is 9.92. The van der Waals surface area contributed by atoms with Gasteiger partial charge in [-0.25, -0.2) is 9.59 Å². The maximum absolute atomic E-state index is 13.8. The molecule has 0 fully saturated rings. The molecule has 4 atom stereocenters. The molecule has 2 N–H and O–H groups in total. The van der Waals surface area contributed by atoms with Crippen molar-refractivity contribution in [3.63, 3.8) is 0 Å². The lowest BCUT2D eigenvalue weighted by Gasteiger charge is -2.39. The first-order valence-corrected chi connectivity index (χ1v) is 14.5. The van der Waals surface area contributed by atoms with E-state index in [4.69, 9.17) is 16.3 Å². The number of nitrogens with one attached hydrogen (secondary N) is 2. The number of thiol groups is 1. The molecule has 2 amide bonds. The summed E-state index contributed by atoms with van der Waals surface area (Å²) in [7, 11) is 0.632. The van der Waals surface area contributed by atoms with Crippen LogP contribution in [-0.4, -0.2) is 44.9 Å². The highest BCUT2D eigenvalue weighted by Crippen LogP contribution is 2.37. The fraction of sp³-hybridized carbons (Fsp3) is 0.520. The molecule has 0 bridgehead atoms. The van der Waals surface area contributed by atoms with Crippen molar-refractivity contribution in [1.82, 2.24) is 10.0 Å². The second kappa shape index (κ2) is 10.5. The number of allylic oxidation sites excluding steroid dienone is 6. The molecule has 0 aromatic heterocycles. The van der Waals surface area contributed by atoms with Crippen LogP contribution < -0.4 is 10.0 Å². The average molecular weight is 529 g/mol. The molecule has 0 radical (unpaired) electrons. The Morgan fingerprint density at radius 3 is 2.29 bits per heavy atom. The zero-order chi connectivity index (χ0) is 26.1. The minimum atomic E-state index is -3.33. The summed E-state index contributed by atoms with van der Waals surface area (Å²) < 4.78 is 21.3. The highest BCUT2D eigenvalue weighted by molar-refractivity contribution is 8.02. The van der Waals surface area contributed by atoms with Gasteiger partial charge in [-0.05, 0) is 40.0 Å². The normalized spacial score (nSPS) is 27.8. The van der Waals surface area contributed by atoms with Crippen LogP contribution in [0.4, 0.5) is 4.79 Å². The van der Waals surface area contributed by atoms with Gasteiger partial charge in [0.15, 0.2) is 0 Å². The van der Waals surface area contributed by atoms with Crippen molar-refractivity contribution in [3.8, 4) is 0 Å². The van der Waals surface area contributed by atoms with Gasteiger partial charge in [-0.2, -0.15) is 0 Å². The predicted octanol–water partition coefficient (Wildman–Crippen LogP) is 4.58. The van der Waals surface area contributed by atoms with Crippen molar-refractivity contribution in [2.75, 3.05) is 13.4 Å². The van der Waals surface area contributed by atoms with Crippen molar-refractivity contribution in [1.29, 1.82) is 0 Å². The van der Waals surface area contributed by atoms with Gasteiger partial charge in [0.05, 0.1) is 22.8 Å². The molecule has 0 heterocycles. The van der Waals surface area contributed by atoms with Crippen LogP contribution in [0.15, 0.2) is 58.9 Å². The van der Waals surface area contributed by atoms with E-state index in [-0.39, 0.29) is 11.8 Å². The third-order valence-electron chi connectivity index (χ3n) is 5.96. The maximum Gasteiger partial charge on any atom is 0.337 e. The quantitative estimate of drug-likeness (QED) is 0.204. The van der Waals surface area contributed by atoms with E-state index in [2.05, 4.69) is 19.3 Å². The van der Waals surface area contributed by atoms with Crippen LogP contribution in [0.1, 0.15) is 41.5 Å². The van der Waals surface area contributed by atoms with Crippen LogP contribution in [0.3, 0.4) is 0 Å². The zero-order valence-corrected chi connectivity index (χ0v) is 24.0. The fourth-order valence-corrected chi connectivity index (χ4v) is 7.54. The van der Waals surface area contributed by atoms with E-state index in [0.29, 0.717) is 11.3 Å². The summed E-state index contributed by atoms with van der Waals surface area (Å²) in [4.78, 5) is 24.6. The highest BCUT2D eigenvalue weighted by Gasteiger charge is 2.38. The Hall–Kier alpha value is -1.69. The molecule has 0 aromatic carbocycles. The smallest absolute Gasteiger partial charge is 0.337 e. The summed E-state index contributed by atoms with van der Waals surface area (Å²) in [5, 5.41) is 1.73. The average Bonchev–Trinajstić information content (AvgIpc) is 2.82. The Labute approximate surface area is 212 Å². The molecule has 2 rings (SSSR count). The molecule has 4 unspecified atom stereocenters. The van der Waals surface area contributed by atoms with E-state index >= 15 is 0 Å². The summed E-state index contributed by atoms with van der Waals surface area (Å²) in [6.07, 6.45) is 12.4. The number of carbonyl (C=O) groups is 2. The summed E-state index contributed by atoms with van der Waals surface area (Å²) in [5.74, 6) is -0.295. The first-order chi connectivity index (χ1) is 15.5. The van der Waals surface area contributed by atoms with Crippen molar-refractivity contribution >= 4 is 43.0 Å². The second-order valence-electron chi connectivity index (χ2n) is 10.0. The molecule has 190 valence electrons. The number of hydrogen-bond acceptors (Lipinski definition) is 4. The molecule has 0 aliphatic heterocycles. The predicted molar refractivity (Wildman–Crippen MR) is 146 cm³/mol. The second-order valence-corrected chi connectivity index (χ2v) is 14.9. The lowest BCUT2D eigenvalue weighted by Crippen LogP contribution is -2.53. The van der Waals surface area contributed by atoms with Crippen LogP contribution >= 0.6 is 20.8 Å². The number of amides is 2. The topological polar surface area (TPSA) is 84.5 Å². The van der Waals surface area contributed by atoms with E-state index in [1.807, 2.05) is 59.8 Å². The van der Waals surface area contributed by atoms with Crippen molar-refractivity contribution in [2.24, 2.45) is 11.8 Å². The number of alkyl halides is 1. The largest absolute Gasteiger partial charge is 0.465 e. The molecule has 0 saturated carbocycles. The number of rotatable bonds is 6. The molecule has 0 spiro atoms. The number of esters is 1. The minimum Gasteiger partial charge on any atom is -0.465 e. The molecule has 2 aliphatic carbocycles. The van der Waals surface area contributed by atoms with Crippen LogP contribution in [0.25, 0.3) is 0 Å². The van der Waals surface area contributed by atoms with Gasteiger partial charge in [0.25, 0.3) is 0 Å². The van der Waals surface area contributed by atoms with Gasteiger partial charge < -0.3 is 10.1 Å². The van der Waals surface area contributed by atoms with Gasteiger partial charge in [0.1, 0.15) is 0 Å². The standard InChI is InChI=1S/C25H38ClN2O4PS/c1-15(2)18-10-11-24(5,26)14-19(16(3)4)21(18)27-23(30)28-34(8,31)20-13-17(22(29)32-7)9-12-25(20,6)33/h9-16,20,34H,33H2,1-8H3,(H2,27,28,30,31). The monoisotopic (exact) mass is 528 g/mol. The van der Waals surface area contributed by atoms with Gasteiger partial charge in [0.2, 0.25) is 0 Å². The first-order valence-electron chi connectivity index (χ1n) is 11.3. The van der Waals surface area contributed by atoms with Gasteiger partial charge in [-0.1, -0.05) is 71.1 Å². The van der Waals surface area contributed by atoms with Crippen LogP contribution in [0, 0.1) is 11.8 Å². The van der Waals surface area contributed by atoms with E-state index in [1.54, 1.807) is 18.2 Å². The zero-order valence-electron chi connectivity index (χ0n) is 21.2. The highest BCUT2D eigenvalue weighted by atomic mass is 35.5. The van der Waals surface area contributed by atoms with Crippen LogP contribution in [0.2, 0.25) is 0 Å². The number of ether oxygens (including phenoxy) is 1. The SMILES string of the molecule is COC(=O)C1=CC([SH](C)(=O)NC(=O)NC2=C(C(C)C)C=CC(C)(Cl)C=C2C(C)C)C(C)(P)C=C1. The number of carbonyl (C=O) groups excluding carboxylic acids is 2. The lowest BCUT2D eigenvalue weighted by molar-refractivity contribution is -0.135. The summed E-state index contributed by atoms with van der Waals surface area (Å²) >= 11 is 6.66. The molecule has 6 nitrogen and oxygen atoms in total. The molecular formula is C25H38ClN2O4PS. The third kappa shape index (κ3) is 6.71. The van der Waals surface area contributed by atoms with Gasteiger partial charge in [-0.15, -0.1) is 20.8 Å². The number of halogens is 1. The molecule has 34 heavy (non-hydrogen) atoms. The molecule has 0 aromatic rings. The molecule has 2 aliphatic rings. The Balaban J connectivity index is 2.41. The molecule has 9 heteroatoms. The fourth-order valence-electron chi connectivity index (χ4n) is 4.12. The van der Waals surface area contributed by atoms with Crippen LogP contribution in [0.5, 0.6) is 0 Å². The van der Waals surface area contributed by atoms with Gasteiger partial charge >= 0.3 is 12.0 Å². The van der Waals surface area contributed by atoms with Crippen molar-refractivity contribution in [3.05, 3.63) is 58.9 Å². The third-order valence-corrected chi connectivity index (χ3v) is 9.44. The molecular weight excluding hydrogens is 491 g/mol. The number of methoxy groups -OCH3 is 1. The Bertz CT molecular complexity index is 1050. The first kappa shape index (κ1) is 28.5. The van der Waals surface area contributed by atoms with Gasteiger partial charge in [-0.3, -0.25) is 8.93 Å². The van der Waals surface area contributed by atoms with E-state index in [1.165, 1.54) is 13.4 Å². The Kier molecular flexibility index (Phi) is 8.83. The van der Waals surface area contributed by atoms with Gasteiger partial charge in [0, 0.05) is 17.1 Å². The molecule has 0 saturated heterocycles. The number of hydrogen-bond donors (Lipinski definition) is 3. The Morgan fingerprint density at radius 2 is 1.76 bits per heavy atom. The van der Waals surface area contributed by atoms with Crippen molar-refractivity contribution in [2.45, 2.75) is 56.8 Å². The van der Waals surface area contributed by atoms with E-state index in [9.17, 15) is 13.8 Å². The summed E-state index contributed by atoms with van der Waals surface area (Å²) in [6, 6.07) is -0.569. The van der Waals surface area contributed by atoms with E-state index in [0.717, 1.165) is 11.1 Å². The van der Waals surface area contributed by atoms with E-state index < -0.39 is 37.4 Å². The summed E-state index contributed by atoms with van der Waals surface area (Å²) in [5.41, 5.74) is 2.83. The Morgan fingerprint density at radius 1 is 1.15 bits per heavy atom. The minimum absolute atomic E-state index is 0.0971.